The number of esters is 1. The van der Waals surface area contributed by atoms with Crippen molar-refractivity contribution in [3.63, 3.8) is 0 Å². The average molecular weight is 442 g/mol. The highest BCUT2D eigenvalue weighted by Crippen LogP contribution is 2.26. The van der Waals surface area contributed by atoms with Gasteiger partial charge in [0.25, 0.3) is 17.7 Å². The lowest BCUT2D eigenvalue weighted by Gasteiger charge is -2.24. The molecule has 0 unspecified atom stereocenters. The summed E-state index contributed by atoms with van der Waals surface area (Å²) in [7, 11) is 0. The zero-order chi connectivity index (χ0) is 23.4. The van der Waals surface area contributed by atoms with E-state index in [4.69, 9.17) is 4.74 Å². The summed E-state index contributed by atoms with van der Waals surface area (Å²) >= 11 is 0. The third-order valence-corrected chi connectivity index (χ3v) is 5.33. The Bertz CT molecular complexity index is 1190. The molecule has 0 aliphatic carbocycles. The minimum atomic E-state index is -1.20. The van der Waals surface area contributed by atoms with Crippen LogP contribution in [0.1, 0.15) is 31.8 Å². The van der Waals surface area contributed by atoms with Crippen LogP contribution in [0.5, 0.6) is 0 Å². The standard InChI is InChI=1S/C26H22N2O5/c1-17-8-7-11-19(14-17)27-23(29)16-33-26(32)22(15-18-9-3-2-4-10-18)28-24(30)20-12-5-6-13-21(20)25(28)31/h2-14,22H,15-16H2,1H3,(H,27,29)/t22-/m1/s1. The Kier molecular flexibility index (Phi) is 6.31. The number of aryl methyl sites for hydroxylation is 1. The molecule has 0 spiro atoms. The number of rotatable bonds is 7. The zero-order valence-electron chi connectivity index (χ0n) is 18.0. The molecule has 1 aliphatic heterocycles. The summed E-state index contributed by atoms with van der Waals surface area (Å²) in [6.45, 7) is 1.35. The first-order chi connectivity index (χ1) is 15.9. The first kappa shape index (κ1) is 22.0. The van der Waals surface area contributed by atoms with E-state index in [2.05, 4.69) is 5.32 Å². The van der Waals surface area contributed by atoms with Crippen LogP contribution in [0, 0.1) is 6.92 Å². The first-order valence-electron chi connectivity index (χ1n) is 10.5. The largest absolute Gasteiger partial charge is 0.454 e. The number of imide groups is 1. The number of carbonyl (C=O) groups excluding carboxylic acids is 4. The van der Waals surface area contributed by atoms with Crippen LogP contribution >= 0.6 is 0 Å². The van der Waals surface area contributed by atoms with Crippen molar-refractivity contribution in [1.29, 1.82) is 0 Å². The van der Waals surface area contributed by atoms with Crippen molar-refractivity contribution in [2.45, 2.75) is 19.4 Å². The van der Waals surface area contributed by atoms with Crippen LogP contribution in [0.2, 0.25) is 0 Å². The Balaban J connectivity index is 1.51. The van der Waals surface area contributed by atoms with E-state index < -0.39 is 36.3 Å². The maximum atomic E-state index is 13.0. The molecule has 3 aromatic carbocycles. The highest BCUT2D eigenvalue weighted by atomic mass is 16.5. The normalized spacial score (nSPS) is 13.4. The monoisotopic (exact) mass is 442 g/mol. The van der Waals surface area contributed by atoms with Crippen LogP contribution < -0.4 is 5.32 Å². The fourth-order valence-corrected chi connectivity index (χ4v) is 3.76. The van der Waals surface area contributed by atoms with E-state index >= 15 is 0 Å². The molecule has 1 N–H and O–H groups in total. The molecule has 166 valence electrons. The van der Waals surface area contributed by atoms with Crippen molar-refractivity contribution in [2.75, 3.05) is 11.9 Å². The topological polar surface area (TPSA) is 92.8 Å². The van der Waals surface area contributed by atoms with Gasteiger partial charge < -0.3 is 10.1 Å². The highest BCUT2D eigenvalue weighted by molar-refractivity contribution is 6.22. The molecule has 1 heterocycles. The summed E-state index contributed by atoms with van der Waals surface area (Å²) in [5.74, 6) is -2.46. The van der Waals surface area contributed by atoms with Gasteiger partial charge >= 0.3 is 5.97 Å². The Hall–Kier alpha value is -4.26. The average Bonchev–Trinajstić information content (AvgIpc) is 3.07. The number of hydrogen-bond donors (Lipinski definition) is 1. The molecule has 0 saturated carbocycles. The van der Waals surface area contributed by atoms with Gasteiger partial charge in [-0.25, -0.2) is 4.79 Å². The van der Waals surface area contributed by atoms with Gasteiger partial charge in [-0.15, -0.1) is 0 Å². The Labute approximate surface area is 191 Å². The molecule has 7 nitrogen and oxygen atoms in total. The van der Waals surface area contributed by atoms with Gasteiger partial charge in [0.05, 0.1) is 11.1 Å². The first-order valence-corrected chi connectivity index (χ1v) is 10.5. The quantitative estimate of drug-likeness (QED) is 0.447. The second-order valence-corrected chi connectivity index (χ2v) is 7.76. The molecule has 7 heteroatoms. The third kappa shape index (κ3) is 4.82. The van der Waals surface area contributed by atoms with E-state index in [1.165, 1.54) is 0 Å². The number of ether oxygens (including phenoxy) is 1. The van der Waals surface area contributed by atoms with Crippen molar-refractivity contribution in [2.24, 2.45) is 0 Å². The van der Waals surface area contributed by atoms with Crippen molar-refractivity contribution in [3.8, 4) is 0 Å². The van der Waals surface area contributed by atoms with Gasteiger partial charge in [0.2, 0.25) is 0 Å². The predicted molar refractivity (Wildman–Crippen MR) is 122 cm³/mol. The molecule has 3 amide bonds. The van der Waals surface area contributed by atoms with E-state index in [0.717, 1.165) is 16.0 Å². The lowest BCUT2D eigenvalue weighted by molar-refractivity contribution is -0.151. The van der Waals surface area contributed by atoms with E-state index in [1.54, 1.807) is 66.7 Å². The fraction of sp³-hybridized carbons (Fsp3) is 0.154. The van der Waals surface area contributed by atoms with E-state index in [0.29, 0.717) is 5.69 Å². The molecular formula is C26H22N2O5. The van der Waals surface area contributed by atoms with Crippen LogP contribution in [0.4, 0.5) is 5.69 Å². The van der Waals surface area contributed by atoms with Gasteiger partial charge in [0, 0.05) is 12.1 Å². The lowest BCUT2D eigenvalue weighted by Crippen LogP contribution is -2.47. The number of hydrogen-bond acceptors (Lipinski definition) is 5. The summed E-state index contributed by atoms with van der Waals surface area (Å²) < 4.78 is 5.25. The molecule has 1 atom stereocenters. The Morgan fingerprint density at radius 2 is 1.52 bits per heavy atom. The number of nitrogens with one attached hydrogen (secondary N) is 1. The summed E-state index contributed by atoms with van der Waals surface area (Å²) in [5.41, 5.74) is 2.78. The maximum Gasteiger partial charge on any atom is 0.330 e. The molecule has 4 rings (SSSR count). The van der Waals surface area contributed by atoms with Gasteiger partial charge in [-0.3, -0.25) is 19.3 Å². The summed E-state index contributed by atoms with van der Waals surface area (Å²) in [6.07, 6.45) is 0.0740. The lowest BCUT2D eigenvalue weighted by atomic mass is 10.0. The number of nitrogens with zero attached hydrogens (tertiary/aromatic N) is 1. The van der Waals surface area contributed by atoms with Gasteiger partial charge in [-0.1, -0.05) is 54.6 Å². The van der Waals surface area contributed by atoms with Gasteiger partial charge in [-0.05, 0) is 42.3 Å². The van der Waals surface area contributed by atoms with Crippen molar-refractivity contribution in [1.82, 2.24) is 4.90 Å². The Morgan fingerprint density at radius 3 is 2.15 bits per heavy atom. The molecule has 33 heavy (non-hydrogen) atoms. The molecule has 0 saturated heterocycles. The van der Waals surface area contributed by atoms with E-state index in [1.807, 2.05) is 19.1 Å². The molecule has 1 aliphatic rings. The molecular weight excluding hydrogens is 420 g/mol. The minimum Gasteiger partial charge on any atom is -0.454 e. The summed E-state index contributed by atoms with van der Waals surface area (Å²) in [5, 5.41) is 2.66. The molecule has 0 bridgehead atoms. The number of anilines is 1. The summed E-state index contributed by atoms with van der Waals surface area (Å²) in [4.78, 5) is 52.2. The van der Waals surface area contributed by atoms with Crippen LogP contribution in [0.3, 0.4) is 0 Å². The van der Waals surface area contributed by atoms with Crippen molar-refractivity contribution in [3.05, 3.63) is 101 Å². The van der Waals surface area contributed by atoms with E-state index in [-0.39, 0.29) is 17.5 Å². The van der Waals surface area contributed by atoms with Crippen LogP contribution in [-0.4, -0.2) is 41.2 Å². The number of amides is 3. The molecule has 3 aromatic rings. The Morgan fingerprint density at radius 1 is 0.879 bits per heavy atom. The van der Waals surface area contributed by atoms with Crippen molar-refractivity contribution >= 4 is 29.4 Å². The summed E-state index contributed by atoms with van der Waals surface area (Å²) in [6, 6.07) is 21.4. The van der Waals surface area contributed by atoms with Crippen LogP contribution in [0.15, 0.2) is 78.9 Å². The molecule has 0 aromatic heterocycles. The predicted octanol–water partition coefficient (Wildman–Crippen LogP) is 3.38. The SMILES string of the molecule is Cc1cccc(NC(=O)COC(=O)[C@@H](Cc2ccccc2)N2C(=O)c3ccccc3C2=O)c1. The minimum absolute atomic E-state index is 0.0740. The van der Waals surface area contributed by atoms with Gasteiger partial charge in [0.1, 0.15) is 6.04 Å². The third-order valence-electron chi connectivity index (χ3n) is 5.33. The highest BCUT2D eigenvalue weighted by Gasteiger charge is 2.43. The van der Waals surface area contributed by atoms with E-state index in [9.17, 15) is 19.2 Å². The number of carbonyl (C=O) groups is 4. The molecule has 0 fully saturated rings. The second-order valence-electron chi connectivity index (χ2n) is 7.76. The smallest absolute Gasteiger partial charge is 0.330 e. The van der Waals surface area contributed by atoms with Gasteiger partial charge in [0.15, 0.2) is 6.61 Å². The maximum absolute atomic E-state index is 13.0. The van der Waals surface area contributed by atoms with Crippen LogP contribution in [0.25, 0.3) is 0 Å². The number of benzene rings is 3. The second kappa shape index (κ2) is 9.48. The van der Waals surface area contributed by atoms with Crippen molar-refractivity contribution < 1.29 is 23.9 Å². The number of fused-ring (bicyclic) bond motifs is 1. The fourth-order valence-electron chi connectivity index (χ4n) is 3.76. The zero-order valence-corrected chi connectivity index (χ0v) is 18.0. The van der Waals surface area contributed by atoms with Crippen LogP contribution in [-0.2, 0) is 20.7 Å². The van der Waals surface area contributed by atoms with Gasteiger partial charge in [-0.2, -0.15) is 0 Å². The molecule has 0 radical (unpaired) electrons.